The first kappa shape index (κ1) is 17.3. The standard InChI is InChI=1S/C10H20NO6P/c1-2-17-10(13)9(11)6-8(4-3-5-12)7-18(14,15)16/h6,9,12H,2-5,7,11H2,1H3,(H2,14,15,16). The topological polar surface area (TPSA) is 130 Å². The zero-order chi connectivity index (χ0) is 14.2. The summed E-state index contributed by atoms with van der Waals surface area (Å²) in [6.45, 7) is 1.72. The molecule has 0 aliphatic heterocycles. The number of allylic oxidation sites excluding steroid dienone is 1. The maximum absolute atomic E-state index is 11.3. The van der Waals surface area contributed by atoms with Crippen LogP contribution in [0.1, 0.15) is 19.8 Å². The molecule has 106 valence electrons. The van der Waals surface area contributed by atoms with Crippen LogP contribution in [0, 0.1) is 0 Å². The van der Waals surface area contributed by atoms with Crippen LogP contribution in [-0.4, -0.2) is 46.3 Å². The molecule has 0 aliphatic carbocycles. The summed E-state index contributed by atoms with van der Waals surface area (Å²) in [6, 6.07) is -1.05. The van der Waals surface area contributed by atoms with Crippen molar-refractivity contribution >= 4 is 13.6 Å². The van der Waals surface area contributed by atoms with E-state index in [1.807, 2.05) is 0 Å². The van der Waals surface area contributed by atoms with Crippen LogP contribution in [0.4, 0.5) is 0 Å². The van der Waals surface area contributed by atoms with Gasteiger partial charge in [0.25, 0.3) is 0 Å². The summed E-state index contributed by atoms with van der Waals surface area (Å²) in [4.78, 5) is 29.1. The molecule has 0 saturated heterocycles. The van der Waals surface area contributed by atoms with E-state index in [9.17, 15) is 9.36 Å². The largest absolute Gasteiger partial charge is 0.465 e. The molecule has 0 rings (SSSR count). The van der Waals surface area contributed by atoms with Gasteiger partial charge in [-0.2, -0.15) is 0 Å². The molecule has 18 heavy (non-hydrogen) atoms. The average Bonchev–Trinajstić information content (AvgIpc) is 2.24. The molecular formula is C10H20NO6P. The molecule has 0 amide bonds. The van der Waals surface area contributed by atoms with E-state index in [1.165, 1.54) is 6.08 Å². The highest BCUT2D eigenvalue weighted by Gasteiger charge is 2.19. The number of ether oxygens (including phenoxy) is 1. The normalized spacial score (nSPS) is 14.4. The highest BCUT2D eigenvalue weighted by atomic mass is 31.2. The van der Waals surface area contributed by atoms with E-state index in [0.717, 1.165) is 0 Å². The van der Waals surface area contributed by atoms with Gasteiger partial charge < -0.3 is 25.4 Å². The molecule has 0 heterocycles. The Bertz CT molecular complexity index is 337. The lowest BCUT2D eigenvalue weighted by Crippen LogP contribution is -2.30. The zero-order valence-corrected chi connectivity index (χ0v) is 11.2. The van der Waals surface area contributed by atoms with Crippen LogP contribution in [0.3, 0.4) is 0 Å². The van der Waals surface area contributed by atoms with E-state index < -0.39 is 25.8 Å². The molecule has 7 nitrogen and oxygen atoms in total. The minimum Gasteiger partial charge on any atom is -0.465 e. The number of carbonyl (C=O) groups excluding carboxylic acids is 1. The first-order valence-electron chi connectivity index (χ1n) is 5.57. The van der Waals surface area contributed by atoms with Gasteiger partial charge in [0.1, 0.15) is 6.04 Å². The van der Waals surface area contributed by atoms with Crippen molar-refractivity contribution in [3.63, 3.8) is 0 Å². The second-order valence-corrected chi connectivity index (χ2v) is 5.40. The van der Waals surface area contributed by atoms with Crippen LogP contribution in [0.2, 0.25) is 0 Å². The van der Waals surface area contributed by atoms with Crippen LogP contribution in [0.15, 0.2) is 11.6 Å². The third-order valence-electron chi connectivity index (χ3n) is 2.04. The summed E-state index contributed by atoms with van der Waals surface area (Å²) in [7, 11) is -4.22. The summed E-state index contributed by atoms with van der Waals surface area (Å²) in [5, 5.41) is 8.70. The average molecular weight is 281 g/mol. The lowest BCUT2D eigenvalue weighted by Gasteiger charge is -2.12. The molecule has 8 heteroatoms. The number of hydrogen-bond acceptors (Lipinski definition) is 5. The first-order valence-corrected chi connectivity index (χ1v) is 7.37. The molecule has 0 fully saturated rings. The fourth-order valence-electron chi connectivity index (χ4n) is 1.35. The van der Waals surface area contributed by atoms with Gasteiger partial charge in [-0.05, 0) is 19.8 Å². The molecule has 0 aromatic carbocycles. The van der Waals surface area contributed by atoms with Crippen molar-refractivity contribution in [3.05, 3.63) is 11.6 Å². The highest BCUT2D eigenvalue weighted by Crippen LogP contribution is 2.37. The number of aliphatic hydroxyl groups excluding tert-OH is 1. The molecule has 0 bridgehead atoms. The Labute approximate surface area is 106 Å². The van der Waals surface area contributed by atoms with Gasteiger partial charge in [-0.15, -0.1) is 0 Å². The summed E-state index contributed by atoms with van der Waals surface area (Å²) in [6.07, 6.45) is 1.43. The van der Waals surface area contributed by atoms with Gasteiger partial charge in [-0.1, -0.05) is 11.6 Å². The van der Waals surface area contributed by atoms with E-state index in [1.54, 1.807) is 6.92 Å². The third kappa shape index (κ3) is 8.38. The molecule has 0 saturated carbocycles. The van der Waals surface area contributed by atoms with E-state index >= 15 is 0 Å². The number of nitrogens with two attached hydrogens (primary N) is 1. The molecule has 1 unspecified atom stereocenters. The Kier molecular flexibility index (Phi) is 8.06. The van der Waals surface area contributed by atoms with Crippen LogP contribution in [-0.2, 0) is 14.1 Å². The lowest BCUT2D eigenvalue weighted by molar-refractivity contribution is -0.143. The third-order valence-corrected chi connectivity index (χ3v) is 2.86. The Morgan fingerprint density at radius 1 is 1.50 bits per heavy atom. The lowest BCUT2D eigenvalue weighted by atomic mass is 10.1. The minimum absolute atomic E-state index is 0.104. The fraction of sp³-hybridized carbons (Fsp3) is 0.700. The Balaban J connectivity index is 4.71. The molecule has 0 aliphatic rings. The van der Waals surface area contributed by atoms with Crippen LogP contribution in [0.5, 0.6) is 0 Å². The van der Waals surface area contributed by atoms with Gasteiger partial charge in [0.05, 0.1) is 12.8 Å². The molecule has 0 radical (unpaired) electrons. The SMILES string of the molecule is CCOC(=O)C(N)C=C(CCCO)CP(=O)(O)O. The van der Waals surface area contributed by atoms with Crippen molar-refractivity contribution < 1.29 is 29.0 Å². The number of hydrogen-bond donors (Lipinski definition) is 4. The quantitative estimate of drug-likeness (QED) is 0.274. The summed E-state index contributed by atoms with van der Waals surface area (Å²) in [5.74, 6) is -0.648. The summed E-state index contributed by atoms with van der Waals surface area (Å²) >= 11 is 0. The van der Waals surface area contributed by atoms with Crippen molar-refractivity contribution in [1.82, 2.24) is 0 Å². The van der Waals surface area contributed by atoms with Crippen molar-refractivity contribution in [1.29, 1.82) is 0 Å². The predicted octanol–water partition coefficient (Wildman–Crippen LogP) is -0.247. The van der Waals surface area contributed by atoms with Gasteiger partial charge in [0.15, 0.2) is 0 Å². The van der Waals surface area contributed by atoms with E-state index in [-0.39, 0.29) is 19.6 Å². The van der Waals surface area contributed by atoms with Crippen molar-refractivity contribution in [2.75, 3.05) is 19.4 Å². The molecule has 0 aromatic rings. The van der Waals surface area contributed by atoms with E-state index in [4.69, 9.17) is 20.6 Å². The second-order valence-electron chi connectivity index (χ2n) is 3.75. The molecule has 0 aromatic heterocycles. The van der Waals surface area contributed by atoms with Gasteiger partial charge >= 0.3 is 13.6 Å². The summed E-state index contributed by atoms with van der Waals surface area (Å²) in [5.41, 5.74) is 5.87. The maximum atomic E-state index is 11.3. The number of carbonyl (C=O) groups is 1. The van der Waals surface area contributed by atoms with E-state index in [0.29, 0.717) is 12.0 Å². The van der Waals surface area contributed by atoms with Gasteiger partial charge in [-0.25, -0.2) is 0 Å². The fourth-order valence-corrected chi connectivity index (χ4v) is 2.14. The number of rotatable bonds is 8. The minimum atomic E-state index is -4.22. The van der Waals surface area contributed by atoms with E-state index in [2.05, 4.69) is 4.74 Å². The van der Waals surface area contributed by atoms with Gasteiger partial charge in [0.2, 0.25) is 0 Å². The molecule has 1 atom stereocenters. The molecular weight excluding hydrogens is 261 g/mol. The maximum Gasteiger partial charge on any atom is 0.329 e. The van der Waals surface area contributed by atoms with Crippen molar-refractivity contribution in [3.8, 4) is 0 Å². The smallest absolute Gasteiger partial charge is 0.329 e. The van der Waals surface area contributed by atoms with Crippen LogP contribution < -0.4 is 5.73 Å². The predicted molar refractivity (Wildman–Crippen MR) is 65.9 cm³/mol. The Hall–Kier alpha value is -0.720. The van der Waals surface area contributed by atoms with Gasteiger partial charge in [0, 0.05) is 6.61 Å². The Morgan fingerprint density at radius 3 is 2.56 bits per heavy atom. The van der Waals surface area contributed by atoms with Crippen molar-refractivity contribution in [2.45, 2.75) is 25.8 Å². The second kappa shape index (κ2) is 8.39. The highest BCUT2D eigenvalue weighted by molar-refractivity contribution is 7.52. The number of esters is 1. The molecule has 0 spiro atoms. The monoisotopic (exact) mass is 281 g/mol. The number of aliphatic hydroxyl groups is 1. The summed E-state index contributed by atoms with van der Waals surface area (Å²) < 4.78 is 15.6. The van der Waals surface area contributed by atoms with Gasteiger partial charge in [-0.3, -0.25) is 9.36 Å². The zero-order valence-electron chi connectivity index (χ0n) is 10.3. The molecule has 5 N–H and O–H groups in total. The van der Waals surface area contributed by atoms with Crippen molar-refractivity contribution in [2.24, 2.45) is 5.73 Å². The first-order chi connectivity index (χ1) is 8.30. The van der Waals surface area contributed by atoms with Crippen LogP contribution >= 0.6 is 7.60 Å². The van der Waals surface area contributed by atoms with Crippen LogP contribution in [0.25, 0.3) is 0 Å². The Morgan fingerprint density at radius 2 is 2.11 bits per heavy atom.